The molecule has 190 valence electrons. The van der Waals surface area contributed by atoms with Crippen molar-refractivity contribution in [3.8, 4) is 0 Å². The van der Waals surface area contributed by atoms with Crippen LogP contribution in [-0.4, -0.2) is 33.1 Å². The highest BCUT2D eigenvalue weighted by Gasteiger charge is 2.65. The van der Waals surface area contributed by atoms with Crippen LogP contribution in [0, 0.1) is 45.3 Å². The molecule has 0 spiro atoms. The van der Waals surface area contributed by atoms with Crippen molar-refractivity contribution >= 4 is 0 Å². The van der Waals surface area contributed by atoms with Crippen molar-refractivity contribution in [1.29, 1.82) is 0 Å². The summed E-state index contributed by atoms with van der Waals surface area (Å²) in [6.45, 7) is 18.1. The minimum atomic E-state index is -1.02. The Morgan fingerprint density at radius 2 is 1.64 bits per heavy atom. The van der Waals surface area contributed by atoms with Gasteiger partial charge in [-0.05, 0) is 117 Å². The Bertz CT molecular complexity index is 778. The minimum Gasteiger partial charge on any atom is -0.393 e. The van der Waals surface area contributed by atoms with Gasteiger partial charge in [-0.3, -0.25) is 0 Å². The van der Waals surface area contributed by atoms with Crippen LogP contribution in [0.15, 0.2) is 11.6 Å². The molecule has 4 aliphatic rings. The van der Waals surface area contributed by atoms with Gasteiger partial charge >= 0.3 is 0 Å². The molecule has 3 N–H and O–H groups in total. The third-order valence-corrected chi connectivity index (χ3v) is 12.3. The van der Waals surface area contributed by atoms with E-state index < -0.39 is 11.7 Å². The molecule has 33 heavy (non-hydrogen) atoms. The van der Waals surface area contributed by atoms with Gasteiger partial charge in [-0.25, -0.2) is 0 Å². The smallest absolute Gasteiger partial charge is 0.0849 e. The normalized spacial score (nSPS) is 46.6. The Morgan fingerprint density at radius 3 is 2.27 bits per heavy atom. The highest BCUT2D eigenvalue weighted by Crippen LogP contribution is 2.73. The van der Waals surface area contributed by atoms with Gasteiger partial charge in [0.25, 0.3) is 0 Å². The van der Waals surface area contributed by atoms with E-state index in [1.807, 2.05) is 0 Å². The van der Waals surface area contributed by atoms with Gasteiger partial charge in [-0.1, -0.05) is 53.2 Å². The number of aliphatic hydroxyl groups excluding tert-OH is 2. The van der Waals surface area contributed by atoms with Gasteiger partial charge in [0.1, 0.15) is 0 Å². The molecule has 0 aromatic rings. The quantitative estimate of drug-likeness (QED) is 0.410. The van der Waals surface area contributed by atoms with Crippen molar-refractivity contribution in [2.24, 2.45) is 45.3 Å². The summed E-state index contributed by atoms with van der Waals surface area (Å²) in [5, 5.41) is 31.4. The van der Waals surface area contributed by atoms with Crippen LogP contribution in [0.2, 0.25) is 0 Å². The molecule has 0 bridgehead atoms. The third-order valence-electron chi connectivity index (χ3n) is 12.3. The fourth-order valence-electron chi connectivity index (χ4n) is 9.65. The average molecular weight is 461 g/mol. The van der Waals surface area contributed by atoms with Gasteiger partial charge in [-0.15, -0.1) is 0 Å². The van der Waals surface area contributed by atoms with E-state index >= 15 is 0 Å². The fourth-order valence-corrected chi connectivity index (χ4v) is 9.65. The molecule has 0 aromatic carbocycles. The first kappa shape index (κ1) is 25.7. The molecule has 0 aromatic heterocycles. The second kappa shape index (κ2) is 8.07. The Labute approximate surface area is 203 Å². The lowest BCUT2D eigenvalue weighted by atomic mass is 9.41. The molecular weight excluding hydrogens is 408 g/mol. The average Bonchev–Trinajstić information content (AvgIpc) is 3.00. The summed E-state index contributed by atoms with van der Waals surface area (Å²) in [7, 11) is 0. The first-order valence-electron chi connectivity index (χ1n) is 13.9. The Morgan fingerprint density at radius 1 is 0.970 bits per heavy atom. The van der Waals surface area contributed by atoms with Gasteiger partial charge in [0, 0.05) is 0 Å². The van der Waals surface area contributed by atoms with Crippen LogP contribution in [-0.2, 0) is 0 Å². The maximum atomic E-state index is 10.8. The minimum absolute atomic E-state index is 0.00545. The molecule has 9 atom stereocenters. The number of rotatable bonds is 5. The highest BCUT2D eigenvalue weighted by atomic mass is 16.3. The van der Waals surface area contributed by atoms with Crippen LogP contribution in [0.25, 0.3) is 0 Å². The van der Waals surface area contributed by atoms with E-state index in [4.69, 9.17) is 0 Å². The Balaban J connectivity index is 1.59. The molecule has 0 saturated heterocycles. The number of hydrogen-bond acceptors (Lipinski definition) is 3. The van der Waals surface area contributed by atoms with Crippen LogP contribution in [0.5, 0.6) is 0 Å². The lowest BCUT2D eigenvalue weighted by Crippen LogP contribution is -2.57. The standard InChI is InChI=1S/C30H52O3/c1-19(9-12-25(32)27(4,5)33)20-13-17-30(8)22-10-11-23-26(2,3)24(31)15-16-28(23,6)21(22)14-18-29(20,30)7/h14,19-20,22-25,31-33H,9-13,15-18H2,1-8H3. The van der Waals surface area contributed by atoms with Gasteiger partial charge in [0.15, 0.2) is 0 Å². The first-order chi connectivity index (χ1) is 15.1. The van der Waals surface area contributed by atoms with E-state index in [0.717, 1.165) is 19.3 Å². The molecule has 3 fully saturated rings. The van der Waals surface area contributed by atoms with Gasteiger partial charge in [0.05, 0.1) is 17.8 Å². The zero-order chi connectivity index (χ0) is 24.6. The zero-order valence-corrected chi connectivity index (χ0v) is 22.7. The van der Waals surface area contributed by atoms with Crippen molar-refractivity contribution < 1.29 is 15.3 Å². The highest BCUT2D eigenvalue weighted by molar-refractivity contribution is 5.32. The predicted octanol–water partition coefficient (Wildman–Crippen LogP) is 6.50. The molecule has 3 nitrogen and oxygen atoms in total. The lowest BCUT2D eigenvalue weighted by molar-refractivity contribution is -0.118. The van der Waals surface area contributed by atoms with E-state index in [0.29, 0.717) is 40.9 Å². The second-order valence-electron chi connectivity index (χ2n) is 14.5. The zero-order valence-electron chi connectivity index (χ0n) is 22.7. The van der Waals surface area contributed by atoms with E-state index in [-0.39, 0.29) is 16.9 Å². The van der Waals surface area contributed by atoms with Gasteiger partial charge in [0.2, 0.25) is 0 Å². The summed E-state index contributed by atoms with van der Waals surface area (Å²) in [5.74, 6) is 2.47. The van der Waals surface area contributed by atoms with Crippen LogP contribution in [0.4, 0.5) is 0 Å². The van der Waals surface area contributed by atoms with E-state index in [1.54, 1.807) is 19.4 Å². The van der Waals surface area contributed by atoms with Crippen molar-refractivity contribution in [3.63, 3.8) is 0 Å². The molecule has 0 radical (unpaired) electrons. The fraction of sp³-hybridized carbons (Fsp3) is 0.933. The predicted molar refractivity (Wildman–Crippen MR) is 136 cm³/mol. The summed E-state index contributed by atoms with van der Waals surface area (Å²) in [4.78, 5) is 0. The van der Waals surface area contributed by atoms with Crippen molar-refractivity contribution in [3.05, 3.63) is 11.6 Å². The summed E-state index contributed by atoms with van der Waals surface area (Å²) < 4.78 is 0. The molecule has 0 aliphatic heterocycles. The Kier molecular flexibility index (Phi) is 6.28. The molecule has 9 unspecified atom stereocenters. The van der Waals surface area contributed by atoms with E-state index in [9.17, 15) is 15.3 Å². The van der Waals surface area contributed by atoms with E-state index in [2.05, 4.69) is 47.6 Å². The van der Waals surface area contributed by atoms with Crippen molar-refractivity contribution in [2.45, 2.75) is 131 Å². The largest absolute Gasteiger partial charge is 0.393 e. The Hall–Kier alpha value is -0.380. The topological polar surface area (TPSA) is 60.7 Å². The molecule has 3 saturated carbocycles. The maximum absolute atomic E-state index is 10.8. The van der Waals surface area contributed by atoms with Crippen molar-refractivity contribution in [2.75, 3.05) is 0 Å². The van der Waals surface area contributed by atoms with Gasteiger partial charge < -0.3 is 15.3 Å². The lowest BCUT2D eigenvalue weighted by Gasteiger charge is -2.64. The number of allylic oxidation sites excluding steroid dienone is 2. The van der Waals surface area contributed by atoms with Crippen LogP contribution >= 0.6 is 0 Å². The van der Waals surface area contributed by atoms with Crippen LogP contribution in [0.1, 0.15) is 113 Å². The van der Waals surface area contributed by atoms with Gasteiger partial charge in [-0.2, -0.15) is 0 Å². The molecule has 4 aliphatic carbocycles. The summed E-state index contributed by atoms with van der Waals surface area (Å²) in [6, 6.07) is 0. The maximum Gasteiger partial charge on any atom is 0.0849 e. The van der Waals surface area contributed by atoms with E-state index in [1.165, 1.54) is 32.1 Å². The number of hydrogen-bond donors (Lipinski definition) is 3. The third kappa shape index (κ3) is 3.70. The summed E-state index contributed by atoms with van der Waals surface area (Å²) in [5.41, 5.74) is 1.58. The SMILES string of the molecule is CC(CCC(O)C(C)(C)O)C1CCC2(C)C3CCC4C(C)(CCC(O)C4(C)C)C3=CCC12C. The molecular formula is C30H52O3. The monoisotopic (exact) mass is 460 g/mol. The van der Waals surface area contributed by atoms with Crippen molar-refractivity contribution in [1.82, 2.24) is 0 Å². The molecule has 0 amide bonds. The molecule has 3 heteroatoms. The summed E-state index contributed by atoms with van der Waals surface area (Å²) in [6.07, 6.45) is 11.8. The first-order valence-corrected chi connectivity index (χ1v) is 13.9. The second-order valence-corrected chi connectivity index (χ2v) is 14.5. The molecule has 4 rings (SSSR count). The number of aliphatic hydroxyl groups is 3. The number of fused-ring (bicyclic) bond motifs is 5. The molecule has 0 heterocycles. The summed E-state index contributed by atoms with van der Waals surface area (Å²) >= 11 is 0. The van der Waals surface area contributed by atoms with Crippen LogP contribution < -0.4 is 0 Å². The van der Waals surface area contributed by atoms with Crippen LogP contribution in [0.3, 0.4) is 0 Å².